The molecule has 8 nitrogen and oxygen atoms in total. The van der Waals surface area contributed by atoms with E-state index in [9.17, 15) is 9.59 Å². The van der Waals surface area contributed by atoms with E-state index in [1.54, 1.807) is 32.0 Å². The Kier molecular flexibility index (Phi) is 4.10. The van der Waals surface area contributed by atoms with E-state index in [1.165, 1.54) is 4.68 Å². The number of aromatic nitrogens is 3. The van der Waals surface area contributed by atoms with Gasteiger partial charge in [0.05, 0.1) is 17.5 Å². The first-order valence-corrected chi connectivity index (χ1v) is 8.64. The van der Waals surface area contributed by atoms with Gasteiger partial charge < -0.3 is 14.4 Å². The van der Waals surface area contributed by atoms with Crippen LogP contribution in [0.2, 0.25) is 0 Å². The lowest BCUT2D eigenvalue weighted by atomic mass is 10.1. The molecule has 0 spiro atoms. The van der Waals surface area contributed by atoms with Crippen molar-refractivity contribution in [2.75, 3.05) is 20.2 Å². The number of pyridine rings is 1. The Morgan fingerprint density at radius 3 is 2.89 bits per heavy atom. The summed E-state index contributed by atoms with van der Waals surface area (Å²) in [6, 6.07) is 9.08. The fraction of sp³-hybridized carbons (Fsp3) is 0.316. The third kappa shape index (κ3) is 3.03. The van der Waals surface area contributed by atoms with Gasteiger partial charge in [0.1, 0.15) is 6.61 Å². The van der Waals surface area contributed by atoms with Gasteiger partial charge in [-0.15, -0.1) is 0 Å². The normalized spacial score (nSPS) is 15.7. The smallest absolute Gasteiger partial charge is 0.274 e. The number of nitrogens with zero attached hydrogens (tertiary/aromatic N) is 3. The molecule has 0 saturated carbocycles. The predicted molar refractivity (Wildman–Crippen MR) is 99.4 cm³/mol. The molecule has 0 bridgehead atoms. The van der Waals surface area contributed by atoms with Crippen molar-refractivity contribution in [2.24, 2.45) is 7.05 Å². The maximum Gasteiger partial charge on any atom is 0.274 e. The number of hydrogen-bond donors (Lipinski definition) is 1. The molecule has 8 heteroatoms. The topological polar surface area (TPSA) is 89.5 Å². The molecule has 3 heterocycles. The van der Waals surface area contributed by atoms with Gasteiger partial charge >= 0.3 is 0 Å². The molecule has 1 unspecified atom stereocenters. The molecule has 0 saturated heterocycles. The van der Waals surface area contributed by atoms with Gasteiger partial charge in [-0.25, -0.2) is 4.98 Å². The number of likely N-dealkylation sites (N-methyl/N-ethyl adjacent to an activating group) is 1. The molecule has 1 aliphatic heterocycles. The van der Waals surface area contributed by atoms with E-state index < -0.39 is 0 Å². The molecule has 1 atom stereocenters. The Morgan fingerprint density at radius 1 is 1.37 bits per heavy atom. The first kappa shape index (κ1) is 17.1. The molecule has 27 heavy (non-hydrogen) atoms. The van der Waals surface area contributed by atoms with Crippen molar-refractivity contribution >= 4 is 16.9 Å². The number of hydrogen-bond acceptors (Lipinski definition) is 5. The number of carbonyl (C=O) groups is 1. The van der Waals surface area contributed by atoms with Gasteiger partial charge in [-0.05, 0) is 25.1 Å². The monoisotopic (exact) mass is 368 g/mol. The van der Waals surface area contributed by atoms with Crippen molar-refractivity contribution in [3.63, 3.8) is 0 Å². The van der Waals surface area contributed by atoms with E-state index in [4.69, 9.17) is 9.47 Å². The highest BCUT2D eigenvalue weighted by molar-refractivity contribution is 6.05. The fourth-order valence-electron chi connectivity index (χ4n) is 3.30. The quantitative estimate of drug-likeness (QED) is 0.756. The lowest BCUT2D eigenvalue weighted by Gasteiger charge is -2.29. The third-order valence-corrected chi connectivity index (χ3v) is 4.56. The summed E-state index contributed by atoms with van der Waals surface area (Å²) in [6.07, 6.45) is -0.290. The zero-order valence-electron chi connectivity index (χ0n) is 15.4. The summed E-state index contributed by atoms with van der Waals surface area (Å²) in [7, 11) is 3.38. The number of H-pyrrole nitrogens is 1. The Hall–Kier alpha value is -3.29. The highest BCUT2D eigenvalue weighted by Crippen LogP contribution is 2.31. The maximum atomic E-state index is 13.0. The molecule has 3 aromatic rings. The highest BCUT2D eigenvalue weighted by atomic mass is 16.6. The van der Waals surface area contributed by atoms with E-state index in [2.05, 4.69) is 10.1 Å². The zero-order valence-corrected chi connectivity index (χ0v) is 15.4. The number of carbonyl (C=O) groups excluding carboxylic acids is 1. The number of nitrogens with one attached hydrogen (secondary N) is 1. The van der Waals surface area contributed by atoms with Crippen LogP contribution >= 0.6 is 0 Å². The first-order chi connectivity index (χ1) is 12.9. The van der Waals surface area contributed by atoms with Crippen molar-refractivity contribution in [2.45, 2.75) is 13.0 Å². The molecule has 4 rings (SSSR count). The molecule has 1 aliphatic rings. The van der Waals surface area contributed by atoms with Crippen LogP contribution in [-0.4, -0.2) is 51.9 Å². The summed E-state index contributed by atoms with van der Waals surface area (Å²) in [5, 5.41) is 2.95. The van der Waals surface area contributed by atoms with E-state index >= 15 is 0 Å². The fourth-order valence-corrected chi connectivity index (χ4v) is 3.30. The van der Waals surface area contributed by atoms with Crippen LogP contribution in [0.1, 0.15) is 16.1 Å². The van der Waals surface area contributed by atoms with Gasteiger partial charge in [-0.3, -0.25) is 19.4 Å². The first-order valence-electron chi connectivity index (χ1n) is 8.64. The Morgan fingerprint density at radius 2 is 2.11 bits per heavy atom. The molecule has 0 fully saturated rings. The van der Waals surface area contributed by atoms with Gasteiger partial charge in [-0.2, -0.15) is 0 Å². The second-order valence-corrected chi connectivity index (χ2v) is 6.69. The van der Waals surface area contributed by atoms with Crippen LogP contribution in [0.25, 0.3) is 11.0 Å². The molecule has 2 aromatic heterocycles. The minimum atomic E-state index is -0.331. The number of benzene rings is 1. The standard InChI is InChI=1S/C19H20N4O4/c1-11-8-13(16-17(20-11)23(3)21-18(16)24)19(25)22(2)9-12-10-26-14-6-4-5-7-15(14)27-12/h4-8,12H,9-10H2,1-3H3,(H,21,24). The second-order valence-electron chi connectivity index (χ2n) is 6.69. The van der Waals surface area contributed by atoms with Crippen LogP contribution in [0.15, 0.2) is 35.1 Å². The van der Waals surface area contributed by atoms with Gasteiger partial charge in [0, 0.05) is 19.8 Å². The van der Waals surface area contributed by atoms with Crippen molar-refractivity contribution in [1.29, 1.82) is 0 Å². The van der Waals surface area contributed by atoms with Crippen LogP contribution in [-0.2, 0) is 7.05 Å². The van der Waals surface area contributed by atoms with E-state index in [1.807, 2.05) is 24.3 Å². The van der Waals surface area contributed by atoms with Crippen LogP contribution < -0.4 is 15.0 Å². The molecule has 1 aromatic carbocycles. The van der Waals surface area contributed by atoms with E-state index in [0.717, 1.165) is 0 Å². The van der Waals surface area contributed by atoms with Crippen molar-refractivity contribution in [1.82, 2.24) is 19.7 Å². The summed E-state index contributed by atoms with van der Waals surface area (Å²) in [5.41, 5.74) is 1.13. The number of aryl methyl sites for hydroxylation is 2. The van der Waals surface area contributed by atoms with E-state index in [-0.39, 0.29) is 17.6 Å². The Labute approximate surface area is 155 Å². The molecule has 1 N–H and O–H groups in total. The van der Waals surface area contributed by atoms with Crippen molar-refractivity contribution in [3.05, 3.63) is 51.9 Å². The Balaban J connectivity index is 1.59. The number of ether oxygens (including phenoxy) is 2. The van der Waals surface area contributed by atoms with Gasteiger partial charge in [0.25, 0.3) is 11.5 Å². The number of rotatable bonds is 3. The molecular weight excluding hydrogens is 348 g/mol. The molecular formula is C19H20N4O4. The average Bonchev–Trinajstić information content (AvgIpc) is 2.94. The molecule has 0 aliphatic carbocycles. The lowest BCUT2D eigenvalue weighted by Crippen LogP contribution is -2.42. The van der Waals surface area contributed by atoms with Crippen molar-refractivity contribution < 1.29 is 14.3 Å². The molecule has 1 amide bonds. The van der Waals surface area contributed by atoms with Crippen LogP contribution in [0.4, 0.5) is 0 Å². The second kappa shape index (κ2) is 6.46. The third-order valence-electron chi connectivity index (χ3n) is 4.56. The van der Waals surface area contributed by atoms with Gasteiger partial charge in [0.15, 0.2) is 23.3 Å². The van der Waals surface area contributed by atoms with Crippen molar-refractivity contribution in [3.8, 4) is 11.5 Å². The Bertz CT molecular complexity index is 1080. The summed E-state index contributed by atoms with van der Waals surface area (Å²) in [6.45, 7) is 2.48. The van der Waals surface area contributed by atoms with Gasteiger partial charge in [-0.1, -0.05) is 12.1 Å². The zero-order chi connectivity index (χ0) is 19.1. The lowest BCUT2D eigenvalue weighted by molar-refractivity contribution is 0.0522. The minimum Gasteiger partial charge on any atom is -0.486 e. The van der Waals surface area contributed by atoms with Crippen LogP contribution in [0.5, 0.6) is 11.5 Å². The minimum absolute atomic E-state index is 0.260. The van der Waals surface area contributed by atoms with Gasteiger partial charge in [0.2, 0.25) is 0 Å². The summed E-state index contributed by atoms with van der Waals surface area (Å²) < 4.78 is 13.2. The number of fused-ring (bicyclic) bond motifs is 2. The van der Waals surface area contributed by atoms with Crippen LogP contribution in [0, 0.1) is 6.92 Å². The summed E-state index contributed by atoms with van der Waals surface area (Å²) in [4.78, 5) is 31.2. The number of aromatic amines is 1. The molecule has 0 radical (unpaired) electrons. The summed E-state index contributed by atoms with van der Waals surface area (Å²) >= 11 is 0. The number of para-hydroxylation sites is 2. The number of amides is 1. The summed E-state index contributed by atoms with van der Waals surface area (Å²) in [5.74, 6) is 1.10. The maximum absolute atomic E-state index is 13.0. The van der Waals surface area contributed by atoms with Crippen LogP contribution in [0.3, 0.4) is 0 Å². The highest BCUT2D eigenvalue weighted by Gasteiger charge is 2.26. The molecule has 140 valence electrons. The predicted octanol–water partition coefficient (Wildman–Crippen LogP) is 1.48. The SMILES string of the molecule is Cc1cc(C(=O)N(C)CC2COc3ccccc3O2)c2c(=O)[nH]n(C)c2n1. The largest absolute Gasteiger partial charge is 0.486 e. The average molecular weight is 368 g/mol. The van der Waals surface area contributed by atoms with E-state index in [0.29, 0.717) is 46.9 Å².